The number of benzene rings is 1. The van der Waals surface area contributed by atoms with Gasteiger partial charge in [-0.1, -0.05) is 6.07 Å². The molecule has 2 atom stereocenters. The third-order valence-electron chi connectivity index (χ3n) is 3.40. The van der Waals surface area contributed by atoms with Crippen LogP contribution in [0.3, 0.4) is 0 Å². The number of amides is 1. The lowest BCUT2D eigenvalue weighted by molar-refractivity contribution is 0.0930. The van der Waals surface area contributed by atoms with E-state index in [2.05, 4.69) is 11.4 Å². The summed E-state index contributed by atoms with van der Waals surface area (Å²) in [4.78, 5) is 12.0. The first kappa shape index (κ1) is 12.4. The van der Waals surface area contributed by atoms with Gasteiger partial charge in [-0.15, -0.1) is 0 Å². The number of nitriles is 1. The first-order valence-electron chi connectivity index (χ1n) is 6.12. The molecule has 1 aromatic rings. The second-order valence-corrected chi connectivity index (χ2v) is 4.77. The Bertz CT molecular complexity index is 505. The van der Waals surface area contributed by atoms with Crippen molar-refractivity contribution in [2.24, 2.45) is 5.92 Å². The molecule has 1 fully saturated rings. The van der Waals surface area contributed by atoms with Crippen molar-refractivity contribution >= 4 is 5.91 Å². The van der Waals surface area contributed by atoms with E-state index in [9.17, 15) is 9.90 Å². The zero-order valence-electron chi connectivity index (χ0n) is 10.3. The summed E-state index contributed by atoms with van der Waals surface area (Å²) in [6.07, 6.45) is 2.63. The lowest BCUT2D eigenvalue weighted by atomic mass is 10.0. The molecule has 1 aliphatic rings. The van der Waals surface area contributed by atoms with Crippen molar-refractivity contribution in [3.05, 3.63) is 29.3 Å². The molecule has 1 saturated carbocycles. The third-order valence-corrected chi connectivity index (χ3v) is 3.40. The van der Waals surface area contributed by atoms with E-state index in [0.717, 1.165) is 24.8 Å². The minimum absolute atomic E-state index is 0.0148. The highest BCUT2D eigenvalue weighted by molar-refractivity contribution is 5.97. The molecule has 18 heavy (non-hydrogen) atoms. The summed E-state index contributed by atoms with van der Waals surface area (Å²) in [5.41, 5.74) is 1.17. The van der Waals surface area contributed by atoms with Crippen LogP contribution in [-0.2, 0) is 0 Å². The summed E-state index contributed by atoms with van der Waals surface area (Å²) in [5, 5.41) is 21.5. The summed E-state index contributed by atoms with van der Waals surface area (Å²) in [6, 6.07) is 7.07. The molecule has 4 heteroatoms. The van der Waals surface area contributed by atoms with E-state index in [-0.39, 0.29) is 29.2 Å². The van der Waals surface area contributed by atoms with Gasteiger partial charge in [0, 0.05) is 6.04 Å². The number of aromatic hydroxyl groups is 1. The lowest BCUT2D eigenvalue weighted by Gasteiger charge is -2.16. The molecular formula is C14H16N2O2. The van der Waals surface area contributed by atoms with Crippen molar-refractivity contribution in [1.82, 2.24) is 5.32 Å². The minimum atomic E-state index is -0.306. The number of phenols is 1. The van der Waals surface area contributed by atoms with Gasteiger partial charge < -0.3 is 10.4 Å². The Labute approximate surface area is 106 Å². The summed E-state index contributed by atoms with van der Waals surface area (Å²) in [5.74, 6) is -0.430. The van der Waals surface area contributed by atoms with Gasteiger partial charge in [0.1, 0.15) is 5.75 Å². The summed E-state index contributed by atoms with van der Waals surface area (Å²) in [7, 11) is 0. The minimum Gasteiger partial charge on any atom is -0.507 e. The molecule has 2 unspecified atom stereocenters. The number of aryl methyl sites for hydroxylation is 1. The Hall–Kier alpha value is -2.02. The van der Waals surface area contributed by atoms with Crippen LogP contribution < -0.4 is 5.32 Å². The maximum atomic E-state index is 12.0. The van der Waals surface area contributed by atoms with Crippen LogP contribution >= 0.6 is 0 Å². The second kappa shape index (κ2) is 5.09. The Morgan fingerprint density at radius 1 is 1.50 bits per heavy atom. The monoisotopic (exact) mass is 244 g/mol. The lowest BCUT2D eigenvalue weighted by Crippen LogP contribution is -2.36. The Kier molecular flexibility index (Phi) is 3.52. The Morgan fingerprint density at radius 2 is 2.28 bits per heavy atom. The maximum Gasteiger partial charge on any atom is 0.255 e. The van der Waals surface area contributed by atoms with Crippen LogP contribution in [0.15, 0.2) is 18.2 Å². The zero-order chi connectivity index (χ0) is 13.1. The van der Waals surface area contributed by atoms with Gasteiger partial charge in [0.15, 0.2) is 0 Å². The number of nitrogens with one attached hydrogen (secondary N) is 1. The molecule has 0 bridgehead atoms. The highest BCUT2D eigenvalue weighted by Crippen LogP contribution is 2.26. The average Bonchev–Trinajstić information content (AvgIpc) is 2.76. The Morgan fingerprint density at radius 3 is 2.94 bits per heavy atom. The van der Waals surface area contributed by atoms with Crippen LogP contribution in [0.25, 0.3) is 0 Å². The molecule has 0 spiro atoms. The summed E-state index contributed by atoms with van der Waals surface area (Å²) in [6.45, 7) is 1.85. The van der Waals surface area contributed by atoms with Gasteiger partial charge in [-0.05, 0) is 43.9 Å². The van der Waals surface area contributed by atoms with Gasteiger partial charge in [0.05, 0.1) is 17.6 Å². The van der Waals surface area contributed by atoms with Gasteiger partial charge in [0.25, 0.3) is 5.91 Å². The average molecular weight is 244 g/mol. The highest BCUT2D eigenvalue weighted by atomic mass is 16.3. The zero-order valence-corrected chi connectivity index (χ0v) is 10.3. The van der Waals surface area contributed by atoms with Crippen LogP contribution in [0, 0.1) is 24.2 Å². The smallest absolute Gasteiger partial charge is 0.255 e. The van der Waals surface area contributed by atoms with E-state index in [0.29, 0.717) is 0 Å². The highest BCUT2D eigenvalue weighted by Gasteiger charge is 2.29. The summed E-state index contributed by atoms with van der Waals surface area (Å²) < 4.78 is 0. The Balaban J connectivity index is 2.10. The standard InChI is InChI=1S/C14H16N2O2/c1-9-5-6-11(13(17)7-9)14(18)16-12-4-2-3-10(12)8-15/h5-7,10,12,17H,2-4H2,1H3,(H,16,18). The fourth-order valence-electron chi connectivity index (χ4n) is 2.37. The number of hydrogen-bond acceptors (Lipinski definition) is 3. The van der Waals surface area contributed by atoms with E-state index >= 15 is 0 Å². The predicted molar refractivity (Wildman–Crippen MR) is 67.1 cm³/mol. The molecule has 1 amide bonds. The van der Waals surface area contributed by atoms with E-state index in [1.54, 1.807) is 18.2 Å². The molecule has 1 aromatic carbocycles. The van der Waals surface area contributed by atoms with Gasteiger partial charge in [-0.25, -0.2) is 0 Å². The van der Waals surface area contributed by atoms with Crippen molar-refractivity contribution in [3.8, 4) is 11.8 Å². The van der Waals surface area contributed by atoms with Crippen LogP contribution in [0.5, 0.6) is 5.75 Å². The van der Waals surface area contributed by atoms with Gasteiger partial charge in [0.2, 0.25) is 0 Å². The number of hydrogen-bond donors (Lipinski definition) is 2. The van der Waals surface area contributed by atoms with Crippen LogP contribution in [0.4, 0.5) is 0 Å². The predicted octanol–water partition coefficient (Wildman–Crippen LogP) is 2.12. The molecule has 0 saturated heterocycles. The van der Waals surface area contributed by atoms with Crippen LogP contribution in [-0.4, -0.2) is 17.1 Å². The van der Waals surface area contributed by atoms with Crippen molar-refractivity contribution in [1.29, 1.82) is 5.26 Å². The second-order valence-electron chi connectivity index (χ2n) is 4.77. The topological polar surface area (TPSA) is 73.1 Å². The number of nitrogens with zero attached hydrogens (tertiary/aromatic N) is 1. The van der Waals surface area contributed by atoms with E-state index in [1.165, 1.54) is 0 Å². The molecule has 94 valence electrons. The van der Waals surface area contributed by atoms with Gasteiger partial charge in [-0.3, -0.25) is 4.79 Å². The molecule has 0 radical (unpaired) electrons. The van der Waals surface area contributed by atoms with Crippen molar-refractivity contribution < 1.29 is 9.90 Å². The van der Waals surface area contributed by atoms with Gasteiger partial charge >= 0.3 is 0 Å². The molecule has 2 rings (SSSR count). The molecule has 0 aromatic heterocycles. The van der Waals surface area contributed by atoms with E-state index < -0.39 is 0 Å². The van der Waals surface area contributed by atoms with Crippen LogP contribution in [0.1, 0.15) is 35.2 Å². The summed E-state index contributed by atoms with van der Waals surface area (Å²) >= 11 is 0. The van der Waals surface area contributed by atoms with E-state index in [1.807, 2.05) is 6.92 Å². The first-order chi connectivity index (χ1) is 8.61. The van der Waals surface area contributed by atoms with Crippen molar-refractivity contribution in [2.45, 2.75) is 32.2 Å². The first-order valence-corrected chi connectivity index (χ1v) is 6.12. The fourth-order valence-corrected chi connectivity index (χ4v) is 2.37. The largest absolute Gasteiger partial charge is 0.507 e. The molecule has 0 aliphatic heterocycles. The maximum absolute atomic E-state index is 12.0. The fraction of sp³-hybridized carbons (Fsp3) is 0.429. The molecule has 2 N–H and O–H groups in total. The molecular weight excluding hydrogens is 228 g/mol. The SMILES string of the molecule is Cc1ccc(C(=O)NC2CCCC2C#N)c(O)c1. The molecule has 4 nitrogen and oxygen atoms in total. The van der Waals surface area contributed by atoms with Crippen molar-refractivity contribution in [2.75, 3.05) is 0 Å². The number of carbonyl (C=O) groups excluding carboxylic acids is 1. The van der Waals surface area contributed by atoms with Gasteiger partial charge in [-0.2, -0.15) is 5.26 Å². The van der Waals surface area contributed by atoms with E-state index in [4.69, 9.17) is 5.26 Å². The molecule has 0 heterocycles. The molecule has 1 aliphatic carbocycles. The normalized spacial score (nSPS) is 22.4. The number of carbonyl (C=O) groups is 1. The quantitative estimate of drug-likeness (QED) is 0.837. The number of phenolic OH excluding ortho intramolecular Hbond substituents is 1. The van der Waals surface area contributed by atoms with Crippen molar-refractivity contribution in [3.63, 3.8) is 0 Å². The number of rotatable bonds is 2. The third kappa shape index (κ3) is 2.45. The van der Waals surface area contributed by atoms with Crippen LogP contribution in [0.2, 0.25) is 0 Å².